The number of rotatable bonds is 7. The van der Waals surface area contributed by atoms with Crippen LogP contribution in [0.2, 0.25) is 5.02 Å². The fourth-order valence-electron chi connectivity index (χ4n) is 3.83. The molecule has 0 fully saturated rings. The second kappa shape index (κ2) is 9.06. The molecule has 0 aliphatic carbocycles. The Labute approximate surface area is 180 Å². The molecule has 0 saturated carbocycles. The van der Waals surface area contributed by atoms with Crippen LogP contribution in [0.3, 0.4) is 0 Å². The number of methoxy groups -OCH3 is 1. The summed E-state index contributed by atoms with van der Waals surface area (Å²) in [5.74, 6) is 0.583. The number of halogens is 1. The zero-order valence-corrected chi connectivity index (χ0v) is 17.4. The SMILES string of the molecule is COc1ccccc1CC(=O)NCC(c1ccccc1Cl)c1c[nH]c2ccccc12. The van der Waals surface area contributed by atoms with E-state index in [1.807, 2.05) is 72.9 Å². The third-order valence-electron chi connectivity index (χ3n) is 5.32. The van der Waals surface area contributed by atoms with E-state index in [1.165, 1.54) is 0 Å². The number of hydrogen-bond acceptors (Lipinski definition) is 2. The van der Waals surface area contributed by atoms with Crippen LogP contribution in [0.5, 0.6) is 5.75 Å². The van der Waals surface area contributed by atoms with Crippen molar-refractivity contribution in [3.05, 3.63) is 101 Å². The van der Waals surface area contributed by atoms with Gasteiger partial charge < -0.3 is 15.0 Å². The maximum atomic E-state index is 12.7. The number of aromatic nitrogens is 1. The van der Waals surface area contributed by atoms with Crippen molar-refractivity contribution in [3.63, 3.8) is 0 Å². The first-order valence-corrected chi connectivity index (χ1v) is 10.2. The van der Waals surface area contributed by atoms with Gasteiger partial charge in [0.1, 0.15) is 5.75 Å². The van der Waals surface area contributed by atoms with Gasteiger partial charge in [-0.05, 0) is 29.3 Å². The number of nitrogens with one attached hydrogen (secondary N) is 2. The summed E-state index contributed by atoms with van der Waals surface area (Å²) in [6, 6.07) is 23.5. The average molecular weight is 419 g/mol. The van der Waals surface area contributed by atoms with Crippen molar-refractivity contribution >= 4 is 28.4 Å². The summed E-state index contributed by atoms with van der Waals surface area (Å²) in [5, 5.41) is 4.91. The molecule has 0 radical (unpaired) electrons. The van der Waals surface area contributed by atoms with E-state index in [-0.39, 0.29) is 18.2 Å². The molecule has 1 unspecified atom stereocenters. The van der Waals surface area contributed by atoms with E-state index in [4.69, 9.17) is 16.3 Å². The van der Waals surface area contributed by atoms with E-state index in [2.05, 4.69) is 16.4 Å². The molecule has 4 aromatic rings. The van der Waals surface area contributed by atoms with Crippen LogP contribution in [0, 0.1) is 0 Å². The zero-order chi connectivity index (χ0) is 20.9. The number of para-hydroxylation sites is 2. The van der Waals surface area contributed by atoms with Crippen molar-refractivity contribution in [1.29, 1.82) is 0 Å². The van der Waals surface area contributed by atoms with Gasteiger partial charge in [0, 0.05) is 40.1 Å². The highest BCUT2D eigenvalue weighted by molar-refractivity contribution is 6.31. The molecular weight excluding hydrogens is 396 g/mol. The molecule has 1 atom stereocenters. The molecule has 152 valence electrons. The highest BCUT2D eigenvalue weighted by Gasteiger charge is 2.21. The molecule has 0 spiro atoms. The number of H-pyrrole nitrogens is 1. The quantitative estimate of drug-likeness (QED) is 0.426. The van der Waals surface area contributed by atoms with Crippen LogP contribution in [0.1, 0.15) is 22.6 Å². The Morgan fingerprint density at radius 1 is 1.00 bits per heavy atom. The molecule has 1 amide bonds. The summed E-state index contributed by atoms with van der Waals surface area (Å²) in [4.78, 5) is 16.1. The van der Waals surface area contributed by atoms with Gasteiger partial charge >= 0.3 is 0 Å². The molecular formula is C25H23ClN2O2. The lowest BCUT2D eigenvalue weighted by Crippen LogP contribution is -2.30. The van der Waals surface area contributed by atoms with Crippen molar-refractivity contribution in [1.82, 2.24) is 10.3 Å². The Morgan fingerprint density at radius 3 is 2.57 bits per heavy atom. The highest BCUT2D eigenvalue weighted by atomic mass is 35.5. The molecule has 0 aliphatic heterocycles. The van der Waals surface area contributed by atoms with E-state index < -0.39 is 0 Å². The van der Waals surface area contributed by atoms with Crippen LogP contribution in [-0.2, 0) is 11.2 Å². The van der Waals surface area contributed by atoms with E-state index in [0.29, 0.717) is 17.3 Å². The summed E-state index contributed by atoms with van der Waals surface area (Å²) < 4.78 is 5.36. The minimum Gasteiger partial charge on any atom is -0.496 e. The number of carbonyl (C=O) groups excluding carboxylic acids is 1. The maximum absolute atomic E-state index is 12.7. The van der Waals surface area contributed by atoms with Gasteiger partial charge in [-0.15, -0.1) is 0 Å². The third-order valence-corrected chi connectivity index (χ3v) is 5.67. The second-order valence-electron chi connectivity index (χ2n) is 7.16. The molecule has 4 rings (SSSR count). The lowest BCUT2D eigenvalue weighted by atomic mass is 9.90. The van der Waals surface area contributed by atoms with Gasteiger partial charge in [-0.2, -0.15) is 0 Å². The summed E-state index contributed by atoms with van der Waals surface area (Å²) in [6.45, 7) is 0.444. The van der Waals surface area contributed by atoms with Crippen LogP contribution in [0.15, 0.2) is 79.0 Å². The van der Waals surface area contributed by atoms with Crippen LogP contribution < -0.4 is 10.1 Å². The van der Waals surface area contributed by atoms with Crippen molar-refractivity contribution < 1.29 is 9.53 Å². The summed E-state index contributed by atoms with van der Waals surface area (Å²) in [5.41, 5.74) is 4.02. The predicted octanol–water partition coefficient (Wildman–Crippen LogP) is 5.32. The first-order chi connectivity index (χ1) is 14.7. The Balaban J connectivity index is 1.59. The maximum Gasteiger partial charge on any atom is 0.224 e. The molecule has 0 bridgehead atoms. The Kier molecular flexibility index (Phi) is 6.05. The summed E-state index contributed by atoms with van der Waals surface area (Å²) >= 11 is 6.53. The number of benzene rings is 3. The molecule has 0 saturated heterocycles. The van der Waals surface area contributed by atoms with E-state index in [0.717, 1.165) is 27.6 Å². The number of amides is 1. The summed E-state index contributed by atoms with van der Waals surface area (Å²) in [7, 11) is 1.61. The van der Waals surface area contributed by atoms with Crippen LogP contribution in [-0.4, -0.2) is 24.5 Å². The van der Waals surface area contributed by atoms with Crippen LogP contribution in [0.25, 0.3) is 10.9 Å². The Bertz CT molecular complexity index is 1170. The van der Waals surface area contributed by atoms with Crippen LogP contribution >= 0.6 is 11.6 Å². The highest BCUT2D eigenvalue weighted by Crippen LogP contribution is 2.34. The number of ether oxygens (including phenoxy) is 1. The Morgan fingerprint density at radius 2 is 1.73 bits per heavy atom. The average Bonchev–Trinajstić information content (AvgIpc) is 3.19. The topological polar surface area (TPSA) is 54.1 Å². The second-order valence-corrected chi connectivity index (χ2v) is 7.56. The molecule has 2 N–H and O–H groups in total. The predicted molar refractivity (Wildman–Crippen MR) is 121 cm³/mol. The lowest BCUT2D eigenvalue weighted by Gasteiger charge is -2.19. The molecule has 0 aliphatic rings. The van der Waals surface area contributed by atoms with Crippen molar-refractivity contribution in [3.8, 4) is 5.75 Å². The fourth-order valence-corrected chi connectivity index (χ4v) is 4.10. The Hall–Kier alpha value is -3.24. The van der Waals surface area contributed by atoms with E-state index >= 15 is 0 Å². The number of carbonyl (C=O) groups is 1. The van der Waals surface area contributed by atoms with Gasteiger partial charge in [0.2, 0.25) is 5.91 Å². The van der Waals surface area contributed by atoms with Gasteiger partial charge in [-0.1, -0.05) is 66.2 Å². The summed E-state index contributed by atoms with van der Waals surface area (Å²) in [6.07, 6.45) is 2.26. The molecule has 1 aromatic heterocycles. The number of fused-ring (bicyclic) bond motifs is 1. The monoisotopic (exact) mass is 418 g/mol. The van der Waals surface area contributed by atoms with Gasteiger partial charge in [-0.25, -0.2) is 0 Å². The minimum atomic E-state index is -0.0727. The minimum absolute atomic E-state index is 0.0589. The lowest BCUT2D eigenvalue weighted by molar-refractivity contribution is -0.120. The fraction of sp³-hybridized carbons (Fsp3) is 0.160. The molecule has 1 heterocycles. The number of aromatic amines is 1. The first-order valence-electron chi connectivity index (χ1n) is 9.86. The third kappa shape index (κ3) is 4.19. The zero-order valence-electron chi connectivity index (χ0n) is 16.7. The molecule has 30 heavy (non-hydrogen) atoms. The smallest absolute Gasteiger partial charge is 0.224 e. The van der Waals surface area contributed by atoms with Crippen molar-refractivity contribution in [2.75, 3.05) is 13.7 Å². The van der Waals surface area contributed by atoms with Crippen molar-refractivity contribution in [2.24, 2.45) is 0 Å². The largest absolute Gasteiger partial charge is 0.496 e. The molecule has 3 aromatic carbocycles. The first kappa shape index (κ1) is 20.0. The van der Waals surface area contributed by atoms with E-state index in [9.17, 15) is 4.79 Å². The van der Waals surface area contributed by atoms with Gasteiger partial charge in [0.05, 0.1) is 13.5 Å². The van der Waals surface area contributed by atoms with Gasteiger partial charge in [0.25, 0.3) is 0 Å². The van der Waals surface area contributed by atoms with Gasteiger partial charge in [0.15, 0.2) is 0 Å². The van der Waals surface area contributed by atoms with Gasteiger partial charge in [-0.3, -0.25) is 4.79 Å². The van der Waals surface area contributed by atoms with Crippen LogP contribution in [0.4, 0.5) is 0 Å². The van der Waals surface area contributed by atoms with E-state index in [1.54, 1.807) is 7.11 Å². The molecule has 4 nitrogen and oxygen atoms in total. The van der Waals surface area contributed by atoms with Crippen molar-refractivity contribution in [2.45, 2.75) is 12.3 Å². The number of hydrogen-bond donors (Lipinski definition) is 2. The molecule has 5 heteroatoms. The normalized spacial score (nSPS) is 11.9. The standard InChI is InChI=1S/C25H23ClN2O2/c1-30-24-13-7-2-8-17(24)14-25(29)28-16-20(18-9-3-5-11-22(18)26)21-15-27-23-12-6-4-10-19(21)23/h2-13,15,20,27H,14,16H2,1H3,(H,28,29).